The Balaban J connectivity index is 2.85. The lowest BCUT2D eigenvalue weighted by Gasteiger charge is -1.97. The zero-order valence-electron chi connectivity index (χ0n) is 7.16. The normalized spacial score (nSPS) is 10.8. The predicted molar refractivity (Wildman–Crippen MR) is 53.0 cm³/mol. The molecule has 0 fully saturated rings. The van der Waals surface area contributed by atoms with Crippen molar-refractivity contribution in [3.63, 3.8) is 0 Å². The Kier molecular flexibility index (Phi) is 2.17. The van der Waals surface area contributed by atoms with Crippen LogP contribution in [0.15, 0.2) is 12.3 Å². The fourth-order valence-electron chi connectivity index (χ4n) is 1.15. The first-order valence-corrected chi connectivity index (χ1v) is 4.56. The SMILES string of the molecule is CC(=O)c1cnn2c(Cl)cc(Cl)nc12. The summed E-state index contributed by atoms with van der Waals surface area (Å²) in [6, 6.07) is 1.47. The summed E-state index contributed by atoms with van der Waals surface area (Å²) < 4.78 is 1.37. The molecule has 0 aliphatic rings. The zero-order valence-corrected chi connectivity index (χ0v) is 8.67. The second kappa shape index (κ2) is 3.22. The molecule has 0 aliphatic heterocycles. The smallest absolute Gasteiger partial charge is 0.169 e. The molecule has 14 heavy (non-hydrogen) atoms. The lowest BCUT2D eigenvalue weighted by atomic mass is 10.2. The average Bonchev–Trinajstić information content (AvgIpc) is 2.47. The van der Waals surface area contributed by atoms with E-state index < -0.39 is 0 Å². The highest BCUT2D eigenvalue weighted by molar-refractivity contribution is 6.33. The molecule has 2 rings (SSSR count). The van der Waals surface area contributed by atoms with Crippen molar-refractivity contribution in [1.82, 2.24) is 14.6 Å². The lowest BCUT2D eigenvalue weighted by Crippen LogP contribution is -1.96. The Morgan fingerprint density at radius 3 is 2.86 bits per heavy atom. The number of halogens is 2. The Morgan fingerprint density at radius 2 is 2.21 bits per heavy atom. The number of rotatable bonds is 1. The van der Waals surface area contributed by atoms with Gasteiger partial charge in [0.2, 0.25) is 0 Å². The third kappa shape index (κ3) is 1.36. The molecule has 0 aliphatic carbocycles. The minimum Gasteiger partial charge on any atom is -0.294 e. The summed E-state index contributed by atoms with van der Waals surface area (Å²) in [7, 11) is 0. The highest BCUT2D eigenvalue weighted by atomic mass is 35.5. The van der Waals surface area contributed by atoms with Crippen LogP contribution in [0.5, 0.6) is 0 Å². The Labute approximate surface area is 89.5 Å². The van der Waals surface area contributed by atoms with Crippen molar-refractivity contribution in [2.75, 3.05) is 0 Å². The van der Waals surface area contributed by atoms with E-state index in [2.05, 4.69) is 10.1 Å². The summed E-state index contributed by atoms with van der Waals surface area (Å²) in [5.41, 5.74) is 0.796. The number of carbonyl (C=O) groups is 1. The van der Waals surface area contributed by atoms with Gasteiger partial charge in [-0.25, -0.2) is 9.50 Å². The van der Waals surface area contributed by atoms with E-state index in [0.29, 0.717) is 16.4 Å². The number of ketones is 1. The monoisotopic (exact) mass is 229 g/mol. The van der Waals surface area contributed by atoms with Gasteiger partial charge in [0.1, 0.15) is 10.3 Å². The van der Waals surface area contributed by atoms with Gasteiger partial charge in [-0.2, -0.15) is 5.10 Å². The van der Waals surface area contributed by atoms with Crippen LogP contribution in [0.3, 0.4) is 0 Å². The fraction of sp³-hybridized carbons (Fsp3) is 0.125. The van der Waals surface area contributed by atoms with Crippen LogP contribution in [0.2, 0.25) is 10.3 Å². The number of hydrogen-bond donors (Lipinski definition) is 0. The van der Waals surface area contributed by atoms with Crippen molar-refractivity contribution in [3.8, 4) is 0 Å². The molecule has 2 aromatic heterocycles. The molecule has 0 saturated heterocycles. The number of fused-ring (bicyclic) bond motifs is 1. The van der Waals surface area contributed by atoms with E-state index in [9.17, 15) is 4.79 Å². The van der Waals surface area contributed by atoms with Gasteiger partial charge in [0, 0.05) is 6.07 Å². The van der Waals surface area contributed by atoms with Gasteiger partial charge in [-0.15, -0.1) is 0 Å². The summed E-state index contributed by atoms with van der Waals surface area (Å²) in [4.78, 5) is 15.1. The van der Waals surface area contributed by atoms with Crippen LogP contribution in [-0.2, 0) is 0 Å². The maximum absolute atomic E-state index is 11.2. The van der Waals surface area contributed by atoms with Gasteiger partial charge in [0.15, 0.2) is 11.4 Å². The van der Waals surface area contributed by atoms with E-state index in [-0.39, 0.29) is 10.9 Å². The molecule has 2 aromatic rings. The summed E-state index contributed by atoms with van der Waals surface area (Å²) in [5.74, 6) is -0.120. The molecule has 0 unspecified atom stereocenters. The average molecular weight is 230 g/mol. The van der Waals surface area contributed by atoms with Gasteiger partial charge in [0.25, 0.3) is 0 Å². The van der Waals surface area contributed by atoms with Crippen LogP contribution in [0, 0.1) is 0 Å². The Hall–Kier alpha value is -1.13. The number of nitrogens with zero attached hydrogens (tertiary/aromatic N) is 3. The maximum Gasteiger partial charge on any atom is 0.169 e. The molecule has 0 aromatic carbocycles. The van der Waals surface area contributed by atoms with E-state index in [4.69, 9.17) is 23.2 Å². The van der Waals surface area contributed by atoms with E-state index in [0.717, 1.165) is 0 Å². The van der Waals surface area contributed by atoms with Crippen molar-refractivity contribution >= 4 is 34.6 Å². The second-order valence-corrected chi connectivity index (χ2v) is 3.53. The Morgan fingerprint density at radius 1 is 1.50 bits per heavy atom. The second-order valence-electron chi connectivity index (χ2n) is 2.75. The van der Waals surface area contributed by atoms with E-state index in [1.807, 2.05) is 0 Å². The fourth-order valence-corrected chi connectivity index (χ4v) is 1.61. The molecule has 72 valence electrons. The maximum atomic E-state index is 11.2. The molecule has 0 N–H and O–H groups in total. The van der Waals surface area contributed by atoms with E-state index in [1.165, 1.54) is 23.7 Å². The molecule has 0 atom stereocenters. The molecule has 0 radical (unpaired) electrons. The summed E-state index contributed by atoms with van der Waals surface area (Å²) in [5, 5.41) is 4.49. The van der Waals surface area contributed by atoms with Gasteiger partial charge in [0.05, 0.1) is 11.8 Å². The van der Waals surface area contributed by atoms with Crippen molar-refractivity contribution in [1.29, 1.82) is 0 Å². The van der Waals surface area contributed by atoms with Crippen LogP contribution >= 0.6 is 23.2 Å². The van der Waals surface area contributed by atoms with E-state index in [1.54, 1.807) is 0 Å². The topological polar surface area (TPSA) is 47.3 Å². The first-order valence-electron chi connectivity index (χ1n) is 3.80. The van der Waals surface area contributed by atoms with Gasteiger partial charge >= 0.3 is 0 Å². The molecule has 0 bridgehead atoms. The van der Waals surface area contributed by atoms with E-state index >= 15 is 0 Å². The molecule has 0 saturated carbocycles. The minimum atomic E-state index is -0.120. The third-order valence-corrected chi connectivity index (χ3v) is 2.24. The van der Waals surface area contributed by atoms with Crippen LogP contribution in [0.25, 0.3) is 5.65 Å². The number of hydrogen-bond acceptors (Lipinski definition) is 3. The highest BCUT2D eigenvalue weighted by Crippen LogP contribution is 2.18. The zero-order chi connectivity index (χ0) is 10.3. The van der Waals surface area contributed by atoms with Crippen molar-refractivity contribution in [2.24, 2.45) is 0 Å². The molecule has 2 heterocycles. The van der Waals surface area contributed by atoms with Crippen molar-refractivity contribution in [3.05, 3.63) is 28.1 Å². The number of aromatic nitrogens is 3. The largest absolute Gasteiger partial charge is 0.294 e. The summed E-state index contributed by atoms with van der Waals surface area (Å²) in [6.45, 7) is 1.44. The molecule has 0 amide bonds. The van der Waals surface area contributed by atoms with Gasteiger partial charge < -0.3 is 0 Å². The summed E-state index contributed by atoms with van der Waals surface area (Å²) in [6.07, 6.45) is 1.42. The van der Waals surface area contributed by atoms with Crippen LogP contribution in [-0.4, -0.2) is 20.4 Å². The summed E-state index contributed by atoms with van der Waals surface area (Å²) >= 11 is 11.6. The van der Waals surface area contributed by atoms with Crippen molar-refractivity contribution < 1.29 is 4.79 Å². The van der Waals surface area contributed by atoms with Crippen molar-refractivity contribution in [2.45, 2.75) is 6.92 Å². The lowest BCUT2D eigenvalue weighted by molar-refractivity contribution is 0.101. The molecular formula is C8H5Cl2N3O. The van der Waals surface area contributed by atoms with Gasteiger partial charge in [-0.1, -0.05) is 23.2 Å². The molecular weight excluding hydrogens is 225 g/mol. The number of carbonyl (C=O) groups excluding carboxylic acids is 1. The van der Waals surface area contributed by atoms with Gasteiger partial charge in [-0.05, 0) is 6.92 Å². The van der Waals surface area contributed by atoms with Gasteiger partial charge in [-0.3, -0.25) is 4.79 Å². The first-order chi connectivity index (χ1) is 6.59. The third-order valence-electron chi connectivity index (χ3n) is 1.78. The van der Waals surface area contributed by atoms with Crippen LogP contribution in [0.4, 0.5) is 0 Å². The standard InChI is InChI=1S/C8H5Cl2N3O/c1-4(14)5-3-11-13-7(10)2-6(9)12-8(5)13/h2-3H,1H3. The number of Topliss-reactive ketones (excluding diaryl/α,β-unsaturated/α-hetero) is 1. The van der Waals surface area contributed by atoms with Crippen LogP contribution < -0.4 is 0 Å². The molecule has 6 heteroatoms. The predicted octanol–water partition coefficient (Wildman–Crippen LogP) is 2.24. The molecule has 0 spiro atoms. The minimum absolute atomic E-state index is 0.120. The van der Waals surface area contributed by atoms with Crippen LogP contribution in [0.1, 0.15) is 17.3 Å². The Bertz CT molecular complexity index is 521. The first kappa shape index (κ1) is 9.43. The highest BCUT2D eigenvalue weighted by Gasteiger charge is 2.12. The quantitative estimate of drug-likeness (QED) is 0.557. The molecule has 4 nitrogen and oxygen atoms in total.